The zero-order valence-electron chi connectivity index (χ0n) is 15.9. The number of rotatable bonds is 4. The van der Waals surface area contributed by atoms with Crippen LogP contribution in [-0.4, -0.2) is 24.1 Å². The Morgan fingerprint density at radius 1 is 1.37 bits per heavy atom. The molecule has 1 aliphatic carbocycles. The van der Waals surface area contributed by atoms with Crippen molar-refractivity contribution < 1.29 is 14.3 Å². The van der Waals surface area contributed by atoms with Crippen LogP contribution in [0.25, 0.3) is 0 Å². The monoisotopic (exact) mass is 385 g/mol. The van der Waals surface area contributed by atoms with Crippen LogP contribution < -0.4 is 0 Å². The minimum Gasteiger partial charge on any atom is -0.461 e. The molecule has 0 spiro atoms. The normalized spacial score (nSPS) is 24.1. The second kappa shape index (κ2) is 7.43. The molecule has 0 saturated carbocycles. The molecule has 1 aromatic carbocycles. The van der Waals surface area contributed by atoms with Crippen LogP contribution in [0.2, 0.25) is 5.02 Å². The van der Waals surface area contributed by atoms with Gasteiger partial charge >= 0.3 is 5.97 Å². The predicted octanol–water partition coefficient (Wildman–Crippen LogP) is 4.89. The van der Waals surface area contributed by atoms with Crippen molar-refractivity contribution in [1.82, 2.24) is 0 Å². The Morgan fingerprint density at radius 3 is 2.74 bits per heavy atom. The molecule has 0 fully saturated rings. The van der Waals surface area contributed by atoms with Crippen LogP contribution in [0.3, 0.4) is 0 Å². The van der Waals surface area contributed by atoms with Gasteiger partial charge in [0.25, 0.3) is 0 Å². The second-order valence-electron chi connectivity index (χ2n) is 7.95. The number of benzene rings is 1. The van der Waals surface area contributed by atoms with Gasteiger partial charge in [-0.25, -0.2) is 0 Å². The maximum atomic E-state index is 13.1. The molecule has 3 rings (SSSR count). The van der Waals surface area contributed by atoms with Gasteiger partial charge in [-0.15, -0.1) is 0 Å². The molecule has 1 aliphatic heterocycles. The van der Waals surface area contributed by atoms with Crippen LogP contribution in [0.1, 0.15) is 45.1 Å². The molecule has 4 nitrogen and oxygen atoms in total. The molecule has 0 radical (unpaired) electrons. The highest BCUT2D eigenvalue weighted by Crippen LogP contribution is 2.49. The molecule has 0 N–H and O–H groups in total. The Labute approximate surface area is 165 Å². The van der Waals surface area contributed by atoms with Crippen molar-refractivity contribution in [3.05, 3.63) is 58.8 Å². The number of hydrogen-bond donors (Lipinski definition) is 0. The number of Topliss-reactive ketones (excluding diaryl/α,β-unsaturated/α-hetero) is 1. The van der Waals surface area contributed by atoms with Crippen molar-refractivity contribution in [3.8, 4) is 0 Å². The van der Waals surface area contributed by atoms with E-state index in [4.69, 9.17) is 16.3 Å². The van der Waals surface area contributed by atoms with Gasteiger partial charge in [-0.1, -0.05) is 56.3 Å². The summed E-state index contributed by atoms with van der Waals surface area (Å²) >= 11 is 6.47. The Morgan fingerprint density at radius 2 is 2.07 bits per heavy atom. The average molecular weight is 386 g/mol. The number of esters is 1. The molecule has 2 atom stereocenters. The topological polar surface area (TPSA) is 55.7 Å². The molecule has 1 unspecified atom stereocenters. The van der Waals surface area contributed by atoms with E-state index in [1.54, 1.807) is 6.07 Å². The highest BCUT2D eigenvalue weighted by molar-refractivity contribution is 6.31. The van der Waals surface area contributed by atoms with E-state index in [0.29, 0.717) is 29.1 Å². The smallest absolute Gasteiger partial charge is 0.315 e. The summed E-state index contributed by atoms with van der Waals surface area (Å²) in [6.07, 6.45) is 2.65. The molecule has 0 bridgehead atoms. The van der Waals surface area contributed by atoms with E-state index in [0.717, 1.165) is 11.3 Å². The number of allylic oxidation sites excluding steroid dienone is 2. The highest BCUT2D eigenvalue weighted by atomic mass is 35.5. The summed E-state index contributed by atoms with van der Waals surface area (Å²) in [7, 11) is 0. The molecule has 5 heteroatoms. The van der Waals surface area contributed by atoms with Crippen molar-refractivity contribution in [3.63, 3.8) is 0 Å². The summed E-state index contributed by atoms with van der Waals surface area (Å²) in [5.41, 5.74) is 2.63. The van der Waals surface area contributed by atoms with Crippen LogP contribution in [0.4, 0.5) is 0 Å². The van der Waals surface area contributed by atoms with Crippen LogP contribution in [0.5, 0.6) is 0 Å². The first-order valence-corrected chi connectivity index (χ1v) is 9.46. The minimum absolute atomic E-state index is 0.0314. The van der Waals surface area contributed by atoms with Crippen molar-refractivity contribution in [2.75, 3.05) is 6.61 Å². The van der Waals surface area contributed by atoms with Gasteiger partial charge in [0.1, 0.15) is 12.5 Å². The van der Waals surface area contributed by atoms with Gasteiger partial charge in [0.05, 0.1) is 0 Å². The SMILES string of the molecule is C=CCOC(=O)C1C(C)=NC2=C(C(=O)CC(C)(C)C2)[C@@H]1c1ccccc1Cl. The van der Waals surface area contributed by atoms with Crippen LogP contribution in [-0.2, 0) is 14.3 Å². The Kier molecular flexibility index (Phi) is 5.38. The van der Waals surface area contributed by atoms with Crippen molar-refractivity contribution in [1.29, 1.82) is 0 Å². The maximum Gasteiger partial charge on any atom is 0.315 e. The summed E-state index contributed by atoms with van der Waals surface area (Å²) < 4.78 is 5.33. The van der Waals surface area contributed by atoms with Crippen LogP contribution in [0, 0.1) is 11.3 Å². The number of carbonyl (C=O) groups is 2. The molecule has 0 amide bonds. The molecule has 2 aliphatic rings. The lowest BCUT2D eigenvalue weighted by Gasteiger charge is -2.39. The van der Waals surface area contributed by atoms with E-state index in [9.17, 15) is 9.59 Å². The first kappa shape index (κ1) is 19.6. The summed E-state index contributed by atoms with van der Waals surface area (Å²) in [4.78, 5) is 30.6. The summed E-state index contributed by atoms with van der Waals surface area (Å²) in [5.74, 6) is -1.53. The lowest BCUT2D eigenvalue weighted by atomic mass is 9.67. The Balaban J connectivity index is 2.17. The Bertz CT molecular complexity index is 866. The number of ketones is 1. The van der Waals surface area contributed by atoms with Crippen LogP contribution >= 0.6 is 11.6 Å². The first-order chi connectivity index (χ1) is 12.7. The molecular formula is C22H24ClNO3. The van der Waals surface area contributed by atoms with Gasteiger partial charge in [-0.2, -0.15) is 0 Å². The zero-order chi connectivity index (χ0) is 19.8. The molecule has 1 aromatic rings. The number of nitrogens with zero attached hydrogens (tertiary/aromatic N) is 1. The van der Waals surface area contributed by atoms with Crippen LogP contribution in [0.15, 0.2) is 53.2 Å². The number of carbonyl (C=O) groups excluding carboxylic acids is 2. The summed E-state index contributed by atoms with van der Waals surface area (Å²) in [6, 6.07) is 7.35. The highest BCUT2D eigenvalue weighted by Gasteiger charge is 2.46. The van der Waals surface area contributed by atoms with E-state index < -0.39 is 17.8 Å². The number of hydrogen-bond acceptors (Lipinski definition) is 4. The van der Waals surface area contributed by atoms with Gasteiger partial charge in [0.2, 0.25) is 0 Å². The fourth-order valence-electron chi connectivity index (χ4n) is 4.04. The minimum atomic E-state index is -0.672. The largest absolute Gasteiger partial charge is 0.461 e. The molecule has 0 saturated heterocycles. The van der Waals surface area contributed by atoms with Gasteiger partial charge in [0.15, 0.2) is 5.78 Å². The molecule has 0 aromatic heterocycles. The standard InChI is InChI=1S/C22H24ClNO3/c1-5-10-27-21(26)18-13(2)24-16-11-22(3,4)12-17(25)20(16)19(18)14-8-6-7-9-15(14)23/h5-9,18-19H,1,10-12H2,2-4H3/t18?,19-/m1/s1. The van der Waals surface area contributed by atoms with Gasteiger partial charge in [-0.05, 0) is 30.4 Å². The number of ether oxygens (including phenoxy) is 1. The zero-order valence-corrected chi connectivity index (χ0v) is 16.7. The van der Waals surface area contributed by atoms with E-state index in [2.05, 4.69) is 25.4 Å². The maximum absolute atomic E-state index is 13.1. The first-order valence-electron chi connectivity index (χ1n) is 9.08. The molecular weight excluding hydrogens is 362 g/mol. The van der Waals surface area contributed by atoms with Gasteiger partial charge in [0, 0.05) is 34.3 Å². The third-order valence-electron chi connectivity index (χ3n) is 5.14. The van der Waals surface area contributed by atoms with E-state index in [1.165, 1.54) is 6.08 Å². The van der Waals surface area contributed by atoms with Crippen molar-refractivity contribution in [2.24, 2.45) is 16.3 Å². The molecule has 1 heterocycles. The number of aliphatic imine (C=N–C) groups is 1. The molecule has 142 valence electrons. The quantitative estimate of drug-likeness (QED) is 0.547. The van der Waals surface area contributed by atoms with Gasteiger partial charge < -0.3 is 4.74 Å². The fraction of sp³-hybridized carbons (Fsp3) is 0.409. The summed E-state index contributed by atoms with van der Waals surface area (Å²) in [6.45, 7) is 9.65. The lowest BCUT2D eigenvalue weighted by molar-refractivity contribution is -0.145. The third kappa shape index (κ3) is 3.77. The van der Waals surface area contributed by atoms with Gasteiger partial charge in [-0.3, -0.25) is 14.6 Å². The average Bonchev–Trinajstić information content (AvgIpc) is 2.57. The summed E-state index contributed by atoms with van der Waals surface area (Å²) in [5, 5.41) is 0.531. The Hall–Kier alpha value is -2.20. The second-order valence-corrected chi connectivity index (χ2v) is 8.36. The third-order valence-corrected chi connectivity index (χ3v) is 5.48. The fourth-order valence-corrected chi connectivity index (χ4v) is 4.30. The molecule has 27 heavy (non-hydrogen) atoms. The van der Waals surface area contributed by atoms with Crippen molar-refractivity contribution in [2.45, 2.75) is 39.5 Å². The van der Waals surface area contributed by atoms with E-state index in [1.807, 2.05) is 25.1 Å². The van der Waals surface area contributed by atoms with E-state index >= 15 is 0 Å². The lowest BCUT2D eigenvalue weighted by Crippen LogP contribution is -2.39. The predicted molar refractivity (Wildman–Crippen MR) is 107 cm³/mol. The number of halogens is 1. The van der Waals surface area contributed by atoms with E-state index in [-0.39, 0.29) is 17.8 Å². The van der Waals surface area contributed by atoms with Crippen molar-refractivity contribution >= 4 is 29.1 Å².